The van der Waals surface area contributed by atoms with Crippen LogP contribution in [0, 0.1) is 5.92 Å². The Morgan fingerprint density at radius 1 is 1.06 bits per heavy atom. The zero-order valence-electron chi connectivity index (χ0n) is 17.5. The number of benzene rings is 1. The van der Waals surface area contributed by atoms with Crippen molar-refractivity contribution >= 4 is 22.6 Å². The Bertz CT molecular complexity index is 1150. The molecule has 3 aromatic rings. The highest BCUT2D eigenvalue weighted by Crippen LogP contribution is 2.18. The van der Waals surface area contributed by atoms with Gasteiger partial charge in [0.05, 0.1) is 29.9 Å². The molecule has 2 aromatic heterocycles. The minimum absolute atomic E-state index is 0.0449. The minimum atomic E-state index is -0.187. The lowest BCUT2D eigenvalue weighted by Crippen LogP contribution is -2.42. The van der Waals surface area contributed by atoms with Gasteiger partial charge in [-0.15, -0.1) is 0 Å². The van der Waals surface area contributed by atoms with Crippen molar-refractivity contribution in [2.45, 2.75) is 32.9 Å². The second kappa shape index (κ2) is 9.07. The molecule has 1 fully saturated rings. The van der Waals surface area contributed by atoms with Crippen molar-refractivity contribution in [2.24, 2.45) is 5.92 Å². The first-order valence-corrected chi connectivity index (χ1v) is 10.4. The summed E-state index contributed by atoms with van der Waals surface area (Å²) in [5.41, 5.74) is 1.19. The van der Waals surface area contributed by atoms with Crippen molar-refractivity contribution in [3.8, 4) is 0 Å². The lowest BCUT2D eigenvalue weighted by molar-refractivity contribution is -0.134. The van der Waals surface area contributed by atoms with Gasteiger partial charge in [0.15, 0.2) is 0 Å². The number of hydrogen-bond acceptors (Lipinski definition) is 5. The fourth-order valence-electron chi connectivity index (χ4n) is 3.96. The fraction of sp³-hybridized carbons (Fsp3) is 0.348. The van der Waals surface area contributed by atoms with Gasteiger partial charge in [-0.1, -0.05) is 24.3 Å². The van der Waals surface area contributed by atoms with Crippen molar-refractivity contribution in [1.82, 2.24) is 25.0 Å². The number of carbonyl (C=O) groups excluding carboxylic acids is 2. The Balaban J connectivity index is 1.53. The molecular weight excluding hydrogens is 394 g/mol. The third-order valence-corrected chi connectivity index (χ3v) is 5.72. The molecule has 8 heteroatoms. The summed E-state index contributed by atoms with van der Waals surface area (Å²) in [6, 6.07) is 12.8. The van der Waals surface area contributed by atoms with Crippen LogP contribution >= 0.6 is 0 Å². The summed E-state index contributed by atoms with van der Waals surface area (Å²) in [4.78, 5) is 43.2. The molecule has 8 nitrogen and oxygen atoms in total. The molecule has 0 radical (unpaired) electrons. The Hall–Kier alpha value is -3.55. The Morgan fingerprint density at radius 3 is 2.45 bits per heavy atom. The van der Waals surface area contributed by atoms with Gasteiger partial charge >= 0.3 is 0 Å². The molecular formula is C23H25N5O3. The van der Waals surface area contributed by atoms with Gasteiger partial charge in [0.25, 0.3) is 5.56 Å². The van der Waals surface area contributed by atoms with Gasteiger partial charge in [0, 0.05) is 37.5 Å². The summed E-state index contributed by atoms with van der Waals surface area (Å²) in [5.74, 6) is -0.123. The average molecular weight is 419 g/mol. The maximum absolute atomic E-state index is 12.9. The molecule has 160 valence electrons. The lowest BCUT2D eigenvalue weighted by atomic mass is 9.96. The van der Waals surface area contributed by atoms with Crippen LogP contribution in [-0.2, 0) is 22.7 Å². The Kier molecular flexibility index (Phi) is 6.06. The maximum atomic E-state index is 12.9. The number of likely N-dealkylation sites (tertiary alicyclic amines) is 1. The highest BCUT2D eigenvalue weighted by atomic mass is 16.2. The predicted octanol–water partition coefficient (Wildman–Crippen LogP) is 1.71. The first-order valence-electron chi connectivity index (χ1n) is 10.4. The topological polar surface area (TPSA) is 97.2 Å². The largest absolute Gasteiger partial charge is 0.350 e. The van der Waals surface area contributed by atoms with Gasteiger partial charge in [-0.05, 0) is 31.0 Å². The number of carbonyl (C=O) groups is 2. The number of pyridine rings is 1. The number of fused-ring (bicyclic) bond motifs is 1. The average Bonchev–Trinajstić information content (AvgIpc) is 2.80. The summed E-state index contributed by atoms with van der Waals surface area (Å²) >= 11 is 0. The van der Waals surface area contributed by atoms with Crippen molar-refractivity contribution in [3.05, 3.63) is 70.4 Å². The van der Waals surface area contributed by atoms with Gasteiger partial charge < -0.3 is 10.2 Å². The molecule has 4 rings (SSSR count). The zero-order chi connectivity index (χ0) is 21.8. The normalized spacial score (nSPS) is 14.5. The molecule has 0 atom stereocenters. The SMILES string of the molecule is CC(=O)N1CCC(C(=O)NCc2nn(Cc3ccccn3)c(=O)c3ccccc23)CC1. The van der Waals surface area contributed by atoms with E-state index in [2.05, 4.69) is 15.4 Å². The summed E-state index contributed by atoms with van der Waals surface area (Å²) < 4.78 is 1.40. The van der Waals surface area contributed by atoms with Gasteiger partial charge in [-0.2, -0.15) is 5.10 Å². The highest BCUT2D eigenvalue weighted by molar-refractivity contribution is 5.84. The minimum Gasteiger partial charge on any atom is -0.350 e. The smallest absolute Gasteiger partial charge is 0.275 e. The Labute approximate surface area is 179 Å². The van der Waals surface area contributed by atoms with E-state index >= 15 is 0 Å². The van der Waals surface area contributed by atoms with E-state index in [1.54, 1.807) is 24.1 Å². The number of aromatic nitrogens is 3. The van der Waals surface area contributed by atoms with Crippen LogP contribution in [0.3, 0.4) is 0 Å². The van der Waals surface area contributed by atoms with Crippen LogP contribution in [0.25, 0.3) is 10.8 Å². The molecule has 1 N–H and O–H groups in total. The predicted molar refractivity (Wildman–Crippen MR) is 116 cm³/mol. The number of amides is 2. The summed E-state index contributed by atoms with van der Waals surface area (Å²) in [7, 11) is 0. The molecule has 0 bridgehead atoms. The van der Waals surface area contributed by atoms with E-state index < -0.39 is 0 Å². The highest BCUT2D eigenvalue weighted by Gasteiger charge is 2.26. The number of piperidine rings is 1. The monoisotopic (exact) mass is 419 g/mol. The van der Waals surface area contributed by atoms with E-state index in [4.69, 9.17) is 0 Å². The van der Waals surface area contributed by atoms with Crippen molar-refractivity contribution in [3.63, 3.8) is 0 Å². The van der Waals surface area contributed by atoms with Gasteiger partial charge in [-0.3, -0.25) is 19.4 Å². The van der Waals surface area contributed by atoms with E-state index in [0.717, 1.165) is 11.1 Å². The number of hydrogen-bond donors (Lipinski definition) is 1. The summed E-state index contributed by atoms with van der Waals surface area (Å²) in [6.45, 7) is 3.24. The van der Waals surface area contributed by atoms with Gasteiger partial charge in [0.2, 0.25) is 11.8 Å². The molecule has 1 aliphatic rings. The summed E-state index contributed by atoms with van der Waals surface area (Å²) in [5, 5.41) is 8.82. The van der Waals surface area contributed by atoms with Gasteiger partial charge in [0.1, 0.15) is 0 Å². The van der Waals surface area contributed by atoms with E-state index in [1.165, 1.54) is 4.68 Å². The van der Waals surface area contributed by atoms with Crippen LogP contribution in [0.15, 0.2) is 53.5 Å². The molecule has 0 spiro atoms. The number of nitrogens with zero attached hydrogens (tertiary/aromatic N) is 4. The van der Waals surface area contributed by atoms with Crippen LogP contribution < -0.4 is 10.9 Å². The second-order valence-corrected chi connectivity index (χ2v) is 7.77. The van der Waals surface area contributed by atoms with Gasteiger partial charge in [-0.25, -0.2) is 4.68 Å². The van der Waals surface area contributed by atoms with E-state index in [0.29, 0.717) is 37.0 Å². The quantitative estimate of drug-likeness (QED) is 0.679. The second-order valence-electron chi connectivity index (χ2n) is 7.77. The van der Waals surface area contributed by atoms with Crippen LogP contribution in [-0.4, -0.2) is 44.6 Å². The molecule has 1 aromatic carbocycles. The molecule has 0 saturated carbocycles. The first kappa shape index (κ1) is 20.7. The van der Waals surface area contributed by atoms with Crippen LogP contribution in [0.2, 0.25) is 0 Å². The molecule has 3 heterocycles. The molecule has 2 amide bonds. The third-order valence-electron chi connectivity index (χ3n) is 5.72. The van der Waals surface area contributed by atoms with E-state index in [-0.39, 0.29) is 36.4 Å². The van der Waals surface area contributed by atoms with E-state index in [1.807, 2.05) is 36.4 Å². The zero-order valence-corrected chi connectivity index (χ0v) is 17.5. The molecule has 1 saturated heterocycles. The molecule has 1 aliphatic heterocycles. The third kappa shape index (κ3) is 4.63. The standard InChI is InChI=1S/C23H25N5O3/c1-16(29)27-12-9-17(10-13-27)22(30)25-14-21-19-7-2-3-8-20(19)23(31)28(26-21)15-18-6-4-5-11-24-18/h2-8,11,17H,9-10,12-15H2,1H3,(H,25,30). The fourth-order valence-corrected chi connectivity index (χ4v) is 3.96. The van der Waals surface area contributed by atoms with Crippen molar-refractivity contribution < 1.29 is 9.59 Å². The number of rotatable bonds is 5. The number of nitrogens with one attached hydrogen (secondary N) is 1. The maximum Gasteiger partial charge on any atom is 0.275 e. The molecule has 31 heavy (non-hydrogen) atoms. The van der Waals surface area contributed by atoms with Crippen LogP contribution in [0.4, 0.5) is 0 Å². The van der Waals surface area contributed by atoms with E-state index in [9.17, 15) is 14.4 Å². The summed E-state index contributed by atoms with van der Waals surface area (Å²) in [6.07, 6.45) is 2.98. The molecule has 0 aliphatic carbocycles. The first-order chi connectivity index (χ1) is 15.0. The van der Waals surface area contributed by atoms with Crippen molar-refractivity contribution in [1.29, 1.82) is 0 Å². The van der Waals surface area contributed by atoms with Crippen molar-refractivity contribution in [2.75, 3.05) is 13.1 Å². The lowest BCUT2D eigenvalue weighted by Gasteiger charge is -2.30. The van der Waals surface area contributed by atoms with Crippen LogP contribution in [0.1, 0.15) is 31.2 Å². The Morgan fingerprint density at radius 2 is 1.77 bits per heavy atom. The molecule has 0 unspecified atom stereocenters. The van der Waals surface area contributed by atoms with Crippen LogP contribution in [0.5, 0.6) is 0 Å².